The molecule has 0 saturated heterocycles. The molecular weight excluding hydrogens is 253 g/mol. The Morgan fingerprint density at radius 1 is 1.25 bits per heavy atom. The Labute approximate surface area is 115 Å². The predicted molar refractivity (Wildman–Crippen MR) is 73.9 cm³/mol. The zero-order chi connectivity index (χ0) is 14.1. The molecule has 0 saturated carbocycles. The van der Waals surface area contributed by atoms with Gasteiger partial charge < -0.3 is 0 Å². The fraction of sp³-hybridized carbons (Fsp3) is 0.125. The highest BCUT2D eigenvalue weighted by Crippen LogP contribution is 2.18. The van der Waals surface area contributed by atoms with Gasteiger partial charge >= 0.3 is 0 Å². The van der Waals surface area contributed by atoms with Gasteiger partial charge in [-0.3, -0.25) is 4.40 Å². The van der Waals surface area contributed by atoms with Gasteiger partial charge in [0.25, 0.3) is 0 Å². The first-order valence-electron chi connectivity index (χ1n) is 6.30. The molecule has 20 heavy (non-hydrogen) atoms. The maximum absolute atomic E-state index is 12.9. The van der Waals surface area contributed by atoms with E-state index in [0.29, 0.717) is 17.8 Å². The van der Waals surface area contributed by atoms with Crippen LogP contribution in [0.3, 0.4) is 0 Å². The maximum Gasteiger partial charge on any atom is 0.148 e. The number of nitriles is 1. The van der Waals surface area contributed by atoms with Crippen molar-refractivity contribution in [2.24, 2.45) is 0 Å². The predicted octanol–water partition coefficient (Wildman–Crippen LogP) is 3.24. The summed E-state index contributed by atoms with van der Waals surface area (Å²) in [6.07, 6.45) is 2.35. The number of imidazole rings is 1. The van der Waals surface area contributed by atoms with Gasteiger partial charge in [0.15, 0.2) is 0 Å². The molecule has 0 aliphatic rings. The van der Waals surface area contributed by atoms with E-state index in [1.165, 1.54) is 12.1 Å². The lowest BCUT2D eigenvalue weighted by Gasteiger charge is -1.99. The van der Waals surface area contributed by atoms with Crippen LogP contribution in [0.15, 0.2) is 42.6 Å². The Morgan fingerprint density at radius 3 is 2.70 bits per heavy atom. The summed E-state index contributed by atoms with van der Waals surface area (Å²) in [5.41, 5.74) is 4.00. The second kappa shape index (κ2) is 4.78. The number of aryl methyl sites for hydroxylation is 1. The molecule has 0 bridgehead atoms. The Balaban J connectivity index is 2.10. The van der Waals surface area contributed by atoms with Crippen molar-refractivity contribution >= 4 is 5.65 Å². The van der Waals surface area contributed by atoms with E-state index >= 15 is 0 Å². The summed E-state index contributed by atoms with van der Waals surface area (Å²) in [6, 6.07) is 12.3. The van der Waals surface area contributed by atoms with E-state index in [4.69, 9.17) is 0 Å². The van der Waals surface area contributed by atoms with Crippen molar-refractivity contribution in [1.29, 1.82) is 5.26 Å². The van der Waals surface area contributed by atoms with Crippen molar-refractivity contribution in [3.63, 3.8) is 0 Å². The van der Waals surface area contributed by atoms with Gasteiger partial charge in [-0.2, -0.15) is 5.26 Å². The Hall–Kier alpha value is -2.67. The average molecular weight is 265 g/mol. The van der Waals surface area contributed by atoms with E-state index in [9.17, 15) is 9.65 Å². The highest BCUT2D eigenvalue weighted by Gasteiger charge is 2.13. The minimum absolute atomic E-state index is 0.264. The zero-order valence-corrected chi connectivity index (χ0v) is 11.0. The fourth-order valence-corrected chi connectivity index (χ4v) is 2.29. The van der Waals surface area contributed by atoms with Crippen molar-refractivity contribution in [2.75, 3.05) is 0 Å². The number of halogens is 1. The summed E-state index contributed by atoms with van der Waals surface area (Å²) in [6.45, 7) is 1.96. The van der Waals surface area contributed by atoms with Crippen LogP contribution in [-0.4, -0.2) is 9.38 Å². The molecule has 4 heteroatoms. The molecule has 2 heterocycles. The van der Waals surface area contributed by atoms with Gasteiger partial charge in [-0.25, -0.2) is 9.37 Å². The number of hydrogen-bond donors (Lipinski definition) is 0. The third-order valence-electron chi connectivity index (χ3n) is 3.31. The van der Waals surface area contributed by atoms with E-state index in [2.05, 4.69) is 11.1 Å². The first-order chi connectivity index (χ1) is 9.69. The number of fused-ring (bicyclic) bond motifs is 1. The second-order valence-corrected chi connectivity index (χ2v) is 4.71. The number of benzene rings is 1. The van der Waals surface area contributed by atoms with Crippen molar-refractivity contribution < 1.29 is 4.39 Å². The molecule has 0 fully saturated rings. The van der Waals surface area contributed by atoms with Crippen LogP contribution in [-0.2, 0) is 6.42 Å². The number of hydrogen-bond acceptors (Lipinski definition) is 2. The smallest absolute Gasteiger partial charge is 0.148 e. The Kier molecular flexibility index (Phi) is 2.96. The van der Waals surface area contributed by atoms with Gasteiger partial charge in [0.1, 0.15) is 23.2 Å². The summed E-state index contributed by atoms with van der Waals surface area (Å²) in [5, 5.41) is 9.35. The number of nitrogens with zero attached hydrogens (tertiary/aromatic N) is 3. The van der Waals surface area contributed by atoms with Gasteiger partial charge in [0.05, 0.1) is 5.69 Å². The molecule has 0 atom stereocenters. The van der Waals surface area contributed by atoms with Crippen LogP contribution in [0.4, 0.5) is 4.39 Å². The largest absolute Gasteiger partial charge is 0.291 e. The summed E-state index contributed by atoms with van der Waals surface area (Å²) in [4.78, 5) is 4.55. The molecule has 2 aromatic heterocycles. The molecule has 3 nitrogen and oxygen atoms in total. The minimum atomic E-state index is -0.264. The lowest BCUT2D eigenvalue weighted by Crippen LogP contribution is -1.94. The van der Waals surface area contributed by atoms with Crippen molar-refractivity contribution in [3.8, 4) is 6.07 Å². The Bertz CT molecular complexity index is 810. The molecular formula is C16H12FN3. The fourth-order valence-electron chi connectivity index (χ4n) is 2.29. The molecule has 0 radical (unpaired) electrons. The van der Waals surface area contributed by atoms with Crippen molar-refractivity contribution in [1.82, 2.24) is 9.38 Å². The monoisotopic (exact) mass is 265 g/mol. The van der Waals surface area contributed by atoms with Gasteiger partial charge in [0.2, 0.25) is 0 Å². The van der Waals surface area contributed by atoms with Crippen LogP contribution < -0.4 is 0 Å². The van der Waals surface area contributed by atoms with Gasteiger partial charge in [-0.05, 0) is 36.2 Å². The topological polar surface area (TPSA) is 41.1 Å². The van der Waals surface area contributed by atoms with Crippen LogP contribution in [0, 0.1) is 24.1 Å². The maximum atomic E-state index is 12.9. The van der Waals surface area contributed by atoms with Crippen LogP contribution in [0.2, 0.25) is 0 Å². The zero-order valence-electron chi connectivity index (χ0n) is 11.0. The quantitative estimate of drug-likeness (QED) is 0.713. The summed E-state index contributed by atoms with van der Waals surface area (Å²) >= 11 is 0. The van der Waals surface area contributed by atoms with Crippen molar-refractivity contribution in [2.45, 2.75) is 13.3 Å². The molecule has 1 aromatic carbocycles. The molecule has 0 N–H and O–H groups in total. The first-order valence-corrected chi connectivity index (χ1v) is 6.30. The lowest BCUT2D eigenvalue weighted by atomic mass is 10.1. The highest BCUT2D eigenvalue weighted by atomic mass is 19.1. The SMILES string of the molecule is Cc1cccn2c(C#N)c(Cc3ccc(F)cc3)nc12. The number of rotatable bonds is 2. The van der Waals surface area contributed by atoms with E-state index < -0.39 is 0 Å². The highest BCUT2D eigenvalue weighted by molar-refractivity contribution is 5.53. The van der Waals surface area contributed by atoms with Gasteiger partial charge in [-0.15, -0.1) is 0 Å². The van der Waals surface area contributed by atoms with E-state index in [1.54, 1.807) is 16.5 Å². The molecule has 0 amide bonds. The standard InChI is InChI=1S/C16H12FN3/c1-11-3-2-8-20-15(10-18)14(19-16(11)20)9-12-4-6-13(17)7-5-12/h2-8H,9H2,1H3. The van der Waals surface area contributed by atoms with Crippen LogP contribution in [0.5, 0.6) is 0 Å². The van der Waals surface area contributed by atoms with Crippen LogP contribution in [0.1, 0.15) is 22.5 Å². The molecule has 0 spiro atoms. The van der Waals surface area contributed by atoms with E-state index in [-0.39, 0.29) is 5.82 Å². The average Bonchev–Trinajstić information content (AvgIpc) is 2.80. The molecule has 0 aliphatic carbocycles. The Morgan fingerprint density at radius 2 is 2.00 bits per heavy atom. The second-order valence-electron chi connectivity index (χ2n) is 4.71. The van der Waals surface area contributed by atoms with E-state index in [1.807, 2.05) is 25.3 Å². The summed E-state index contributed by atoms with van der Waals surface area (Å²) < 4.78 is 14.7. The third-order valence-corrected chi connectivity index (χ3v) is 3.31. The first kappa shape index (κ1) is 12.4. The molecule has 3 aromatic rings. The van der Waals surface area contributed by atoms with Crippen LogP contribution in [0.25, 0.3) is 5.65 Å². The normalized spacial score (nSPS) is 10.7. The molecule has 0 unspecified atom stereocenters. The molecule has 0 aliphatic heterocycles. The molecule has 98 valence electrons. The minimum Gasteiger partial charge on any atom is -0.291 e. The number of pyridine rings is 1. The van der Waals surface area contributed by atoms with Gasteiger partial charge in [0, 0.05) is 12.6 Å². The van der Waals surface area contributed by atoms with E-state index in [0.717, 1.165) is 16.8 Å². The third kappa shape index (κ3) is 2.04. The van der Waals surface area contributed by atoms with Crippen LogP contribution >= 0.6 is 0 Å². The summed E-state index contributed by atoms with van der Waals surface area (Å²) in [5.74, 6) is -0.264. The summed E-state index contributed by atoms with van der Waals surface area (Å²) in [7, 11) is 0. The van der Waals surface area contributed by atoms with Crippen molar-refractivity contribution in [3.05, 3.63) is 70.9 Å². The van der Waals surface area contributed by atoms with Gasteiger partial charge in [-0.1, -0.05) is 18.2 Å². The molecule has 3 rings (SSSR count). The lowest BCUT2D eigenvalue weighted by molar-refractivity contribution is 0.627. The number of aromatic nitrogens is 2.